The zero-order valence-corrected chi connectivity index (χ0v) is 12.7. The van der Waals surface area contributed by atoms with Crippen molar-refractivity contribution in [3.05, 3.63) is 29.8 Å². The maximum absolute atomic E-state index is 11.9. The van der Waals surface area contributed by atoms with Crippen molar-refractivity contribution in [3.63, 3.8) is 0 Å². The molecule has 0 saturated carbocycles. The minimum Gasteiger partial charge on any atom is -0.461 e. The van der Waals surface area contributed by atoms with Crippen molar-refractivity contribution in [2.24, 2.45) is 5.50 Å². The molecule has 2 heterocycles. The van der Waals surface area contributed by atoms with Crippen molar-refractivity contribution in [1.82, 2.24) is 14.4 Å². The number of rotatable bonds is 6. The normalized spacial score (nSPS) is 14.0. The fourth-order valence-corrected chi connectivity index (χ4v) is 2.95. The number of carbonyl (C=O) groups excluding carboxylic acids is 1. The first-order valence-corrected chi connectivity index (χ1v) is 8.37. The SMILES string of the molecule is CCOC(=O)c1cn2ccc(CP(N)(=O)OCC)nc2n1. The summed E-state index contributed by atoms with van der Waals surface area (Å²) in [6, 6.07) is 1.65. The van der Waals surface area contributed by atoms with Crippen LogP contribution in [0.5, 0.6) is 0 Å². The second-order valence-electron chi connectivity index (χ2n) is 4.27. The van der Waals surface area contributed by atoms with Crippen LogP contribution in [0, 0.1) is 0 Å². The topological polar surface area (TPSA) is 109 Å². The zero-order valence-electron chi connectivity index (χ0n) is 11.9. The molecule has 0 amide bonds. The molecule has 8 nitrogen and oxygen atoms in total. The second-order valence-corrected chi connectivity index (χ2v) is 6.30. The lowest BCUT2D eigenvalue weighted by Gasteiger charge is -2.11. The van der Waals surface area contributed by atoms with Gasteiger partial charge in [-0.2, -0.15) is 0 Å². The fourth-order valence-electron chi connectivity index (χ4n) is 1.79. The average Bonchev–Trinajstić information content (AvgIpc) is 2.81. The van der Waals surface area contributed by atoms with Gasteiger partial charge in [0.25, 0.3) is 7.52 Å². The van der Waals surface area contributed by atoms with Crippen LogP contribution in [0.4, 0.5) is 0 Å². The van der Waals surface area contributed by atoms with Gasteiger partial charge in [0.05, 0.1) is 25.1 Å². The highest BCUT2D eigenvalue weighted by atomic mass is 31.2. The Morgan fingerprint density at radius 3 is 2.81 bits per heavy atom. The maximum atomic E-state index is 11.9. The van der Waals surface area contributed by atoms with Crippen molar-refractivity contribution >= 4 is 19.3 Å². The van der Waals surface area contributed by atoms with Gasteiger partial charge >= 0.3 is 5.97 Å². The van der Waals surface area contributed by atoms with Gasteiger partial charge in [0.1, 0.15) is 0 Å². The van der Waals surface area contributed by atoms with Crippen molar-refractivity contribution in [2.75, 3.05) is 13.2 Å². The average molecular weight is 312 g/mol. The Balaban J connectivity index is 2.25. The van der Waals surface area contributed by atoms with Gasteiger partial charge in [0.15, 0.2) is 5.69 Å². The van der Waals surface area contributed by atoms with Crippen LogP contribution in [0.2, 0.25) is 0 Å². The van der Waals surface area contributed by atoms with Crippen molar-refractivity contribution in [1.29, 1.82) is 0 Å². The largest absolute Gasteiger partial charge is 0.461 e. The van der Waals surface area contributed by atoms with E-state index in [0.29, 0.717) is 11.5 Å². The summed E-state index contributed by atoms with van der Waals surface area (Å²) in [7, 11) is -3.21. The molecule has 2 aromatic heterocycles. The number of fused-ring (bicyclic) bond motifs is 1. The molecule has 0 aliphatic heterocycles. The van der Waals surface area contributed by atoms with E-state index in [1.54, 1.807) is 30.5 Å². The standard InChI is InChI=1S/C12H17N4O4P/c1-3-19-11(17)10-7-16-6-5-9(14-12(16)15-10)8-21(13,18)20-4-2/h5-7H,3-4,8H2,1-2H3,(H2,13,18). The Kier molecular flexibility index (Phi) is 4.72. The summed E-state index contributed by atoms with van der Waals surface area (Å²) in [4.78, 5) is 19.9. The van der Waals surface area contributed by atoms with Crippen LogP contribution >= 0.6 is 7.52 Å². The van der Waals surface area contributed by atoms with Gasteiger partial charge in [-0.1, -0.05) is 0 Å². The van der Waals surface area contributed by atoms with E-state index < -0.39 is 13.5 Å². The number of hydrogen-bond acceptors (Lipinski definition) is 6. The van der Waals surface area contributed by atoms with Gasteiger partial charge in [0, 0.05) is 12.4 Å². The molecule has 2 N–H and O–H groups in total. The lowest BCUT2D eigenvalue weighted by atomic mass is 10.4. The second kappa shape index (κ2) is 6.34. The third-order valence-electron chi connectivity index (χ3n) is 2.60. The monoisotopic (exact) mass is 312 g/mol. The molecule has 0 bridgehead atoms. The molecule has 2 aromatic rings. The number of ether oxygens (including phenoxy) is 1. The van der Waals surface area contributed by atoms with E-state index in [0.717, 1.165) is 0 Å². The first-order valence-electron chi connectivity index (χ1n) is 6.49. The molecule has 2 rings (SSSR count). The highest BCUT2D eigenvalue weighted by Crippen LogP contribution is 2.40. The predicted molar refractivity (Wildman–Crippen MR) is 76.1 cm³/mol. The summed E-state index contributed by atoms with van der Waals surface area (Å²) in [6.07, 6.45) is 3.20. The summed E-state index contributed by atoms with van der Waals surface area (Å²) in [5, 5.41) is 0. The minimum atomic E-state index is -3.21. The minimum absolute atomic E-state index is 0.0128. The molecule has 0 radical (unpaired) electrons. The van der Waals surface area contributed by atoms with Crippen molar-refractivity contribution in [2.45, 2.75) is 20.0 Å². The number of carbonyl (C=O) groups is 1. The number of esters is 1. The van der Waals surface area contributed by atoms with E-state index in [9.17, 15) is 9.36 Å². The molecule has 0 saturated heterocycles. The molecule has 1 unspecified atom stereocenters. The van der Waals surface area contributed by atoms with Gasteiger partial charge in [0.2, 0.25) is 5.78 Å². The van der Waals surface area contributed by atoms with E-state index in [1.165, 1.54) is 6.20 Å². The van der Waals surface area contributed by atoms with Crippen LogP contribution in [-0.2, 0) is 20.0 Å². The van der Waals surface area contributed by atoms with Crippen LogP contribution in [0.1, 0.15) is 30.0 Å². The Hall–Kier alpha value is -1.76. The van der Waals surface area contributed by atoms with Gasteiger partial charge < -0.3 is 9.26 Å². The molecule has 1 atom stereocenters. The predicted octanol–water partition coefficient (Wildman–Crippen LogP) is 1.59. The quantitative estimate of drug-likeness (QED) is 0.637. The lowest BCUT2D eigenvalue weighted by Crippen LogP contribution is -2.05. The fraction of sp³-hybridized carbons (Fsp3) is 0.417. The Morgan fingerprint density at radius 1 is 1.38 bits per heavy atom. The van der Waals surface area contributed by atoms with E-state index in [2.05, 4.69) is 9.97 Å². The molecule has 21 heavy (non-hydrogen) atoms. The number of hydrogen-bond donors (Lipinski definition) is 1. The van der Waals surface area contributed by atoms with Gasteiger partial charge in [-0.3, -0.25) is 14.5 Å². The summed E-state index contributed by atoms with van der Waals surface area (Å²) in [5.41, 5.74) is 6.25. The third kappa shape index (κ3) is 3.87. The van der Waals surface area contributed by atoms with E-state index >= 15 is 0 Å². The molecule has 0 aliphatic carbocycles. The molecular weight excluding hydrogens is 295 g/mol. The van der Waals surface area contributed by atoms with Gasteiger partial charge in [-0.25, -0.2) is 14.8 Å². The Bertz CT molecular complexity index is 700. The van der Waals surface area contributed by atoms with E-state index in [4.69, 9.17) is 14.8 Å². The van der Waals surface area contributed by atoms with Gasteiger partial charge in [-0.05, 0) is 19.9 Å². The molecule has 9 heteroatoms. The van der Waals surface area contributed by atoms with Crippen molar-refractivity contribution < 1.29 is 18.6 Å². The summed E-state index contributed by atoms with van der Waals surface area (Å²) in [5.74, 6) is -0.199. The molecule has 0 aromatic carbocycles. The van der Waals surface area contributed by atoms with Crippen LogP contribution in [-0.4, -0.2) is 33.6 Å². The zero-order chi connectivity index (χ0) is 15.5. The molecule has 0 aliphatic rings. The highest BCUT2D eigenvalue weighted by molar-refractivity contribution is 7.55. The Morgan fingerprint density at radius 2 is 2.14 bits per heavy atom. The highest BCUT2D eigenvalue weighted by Gasteiger charge is 2.19. The van der Waals surface area contributed by atoms with Crippen LogP contribution in [0.3, 0.4) is 0 Å². The van der Waals surface area contributed by atoms with Crippen LogP contribution in [0.15, 0.2) is 18.5 Å². The summed E-state index contributed by atoms with van der Waals surface area (Å²) < 4.78 is 23.4. The lowest BCUT2D eigenvalue weighted by molar-refractivity contribution is 0.0520. The van der Waals surface area contributed by atoms with Crippen LogP contribution < -0.4 is 5.50 Å². The third-order valence-corrected chi connectivity index (χ3v) is 4.06. The maximum Gasteiger partial charge on any atom is 0.358 e. The molecule has 0 fully saturated rings. The van der Waals surface area contributed by atoms with Gasteiger partial charge in [-0.15, -0.1) is 0 Å². The number of aromatic nitrogens is 3. The summed E-state index contributed by atoms with van der Waals surface area (Å²) in [6.45, 7) is 3.98. The van der Waals surface area contributed by atoms with E-state index in [-0.39, 0.29) is 25.1 Å². The molecule has 0 spiro atoms. The molecule has 114 valence electrons. The van der Waals surface area contributed by atoms with Crippen molar-refractivity contribution in [3.8, 4) is 0 Å². The summed E-state index contributed by atoms with van der Waals surface area (Å²) >= 11 is 0. The first kappa shape index (κ1) is 15.6. The molecular formula is C12H17N4O4P. The number of imidazole rings is 1. The Labute approximate surface area is 121 Å². The van der Waals surface area contributed by atoms with Crippen LogP contribution in [0.25, 0.3) is 5.78 Å². The first-order chi connectivity index (χ1) is 9.95. The van der Waals surface area contributed by atoms with E-state index in [1.807, 2.05) is 0 Å². The number of nitrogens with two attached hydrogens (primary N) is 1. The smallest absolute Gasteiger partial charge is 0.358 e. The number of nitrogens with zero attached hydrogens (tertiary/aromatic N) is 3.